The monoisotopic (exact) mass is 234 g/mol. The summed E-state index contributed by atoms with van der Waals surface area (Å²) in [5, 5.41) is 0. The minimum Gasteiger partial charge on any atom is -0.493 e. The highest BCUT2D eigenvalue weighted by Gasteiger charge is 2.08. The lowest BCUT2D eigenvalue weighted by Crippen LogP contribution is -2.03. The van der Waals surface area contributed by atoms with E-state index in [4.69, 9.17) is 9.47 Å². The number of Topliss-reactive ketones (excluding diaryl/α,β-unsaturated/α-hetero) is 1. The highest BCUT2D eigenvalue weighted by atomic mass is 16.5. The van der Waals surface area contributed by atoms with Crippen molar-refractivity contribution in [2.75, 3.05) is 14.2 Å². The van der Waals surface area contributed by atoms with Crippen LogP contribution < -0.4 is 9.47 Å². The first-order valence-electron chi connectivity index (χ1n) is 5.43. The Bertz CT molecular complexity index is 421. The van der Waals surface area contributed by atoms with Gasteiger partial charge >= 0.3 is 0 Å². The van der Waals surface area contributed by atoms with Gasteiger partial charge in [0.15, 0.2) is 11.5 Å². The van der Waals surface area contributed by atoms with E-state index in [-0.39, 0.29) is 5.78 Å². The molecule has 17 heavy (non-hydrogen) atoms. The predicted octanol–water partition coefficient (Wildman–Crippen LogP) is 2.78. The minimum atomic E-state index is 0.157. The van der Waals surface area contributed by atoms with Crippen LogP contribution in [0.4, 0.5) is 0 Å². The van der Waals surface area contributed by atoms with Gasteiger partial charge in [0.1, 0.15) is 5.78 Å². The number of benzene rings is 1. The van der Waals surface area contributed by atoms with E-state index in [1.165, 1.54) is 0 Å². The fourth-order valence-electron chi connectivity index (χ4n) is 1.62. The molecule has 0 atom stereocenters. The molecule has 0 amide bonds. The largest absolute Gasteiger partial charge is 0.493 e. The number of carbonyl (C=O) groups excluding carboxylic acids is 1. The maximum absolute atomic E-state index is 11.6. The van der Waals surface area contributed by atoms with Crippen molar-refractivity contribution in [3.05, 3.63) is 35.9 Å². The molecule has 0 aliphatic carbocycles. The van der Waals surface area contributed by atoms with E-state index >= 15 is 0 Å². The lowest BCUT2D eigenvalue weighted by Gasteiger charge is -2.09. The van der Waals surface area contributed by atoms with Crippen LogP contribution in [-0.4, -0.2) is 20.0 Å². The molecule has 3 heteroatoms. The van der Waals surface area contributed by atoms with E-state index < -0.39 is 0 Å². The Kier molecular flexibility index (Phi) is 4.76. The third-order valence-corrected chi connectivity index (χ3v) is 2.35. The Morgan fingerprint density at radius 1 is 1.24 bits per heavy atom. The summed E-state index contributed by atoms with van der Waals surface area (Å²) in [6, 6.07) is 5.51. The number of methoxy groups -OCH3 is 2. The smallest absolute Gasteiger partial charge is 0.161 e. The first kappa shape index (κ1) is 13.3. The van der Waals surface area contributed by atoms with E-state index in [1.54, 1.807) is 14.2 Å². The van der Waals surface area contributed by atoms with Gasteiger partial charge in [0, 0.05) is 12.8 Å². The van der Waals surface area contributed by atoms with Crippen molar-refractivity contribution < 1.29 is 14.3 Å². The topological polar surface area (TPSA) is 35.5 Å². The zero-order chi connectivity index (χ0) is 12.8. The van der Waals surface area contributed by atoms with Crippen molar-refractivity contribution >= 4 is 5.78 Å². The van der Waals surface area contributed by atoms with Crippen LogP contribution in [-0.2, 0) is 11.2 Å². The standard InChI is InChI=1S/C14H18O3/c1-10(2)7-12(15)8-11-5-6-13(16-3)14(9-11)17-4/h5-6,9H,1,7-8H2,2-4H3. The summed E-state index contributed by atoms with van der Waals surface area (Å²) in [7, 11) is 3.17. The maximum Gasteiger partial charge on any atom is 0.161 e. The van der Waals surface area contributed by atoms with Crippen LogP contribution in [0.5, 0.6) is 11.5 Å². The van der Waals surface area contributed by atoms with Crippen molar-refractivity contribution in [3.8, 4) is 11.5 Å². The van der Waals surface area contributed by atoms with Crippen LogP contribution >= 0.6 is 0 Å². The second kappa shape index (κ2) is 6.09. The molecule has 0 aliphatic heterocycles. The first-order chi connectivity index (χ1) is 8.06. The molecule has 0 bridgehead atoms. The average molecular weight is 234 g/mol. The Morgan fingerprint density at radius 2 is 1.88 bits per heavy atom. The van der Waals surface area contributed by atoms with Gasteiger partial charge in [-0.2, -0.15) is 0 Å². The van der Waals surface area contributed by atoms with Crippen LogP contribution in [0.1, 0.15) is 18.9 Å². The quantitative estimate of drug-likeness (QED) is 0.710. The van der Waals surface area contributed by atoms with Crippen molar-refractivity contribution in [3.63, 3.8) is 0 Å². The fourth-order valence-corrected chi connectivity index (χ4v) is 1.62. The van der Waals surface area contributed by atoms with Gasteiger partial charge in [-0.25, -0.2) is 0 Å². The van der Waals surface area contributed by atoms with Gasteiger partial charge in [0.2, 0.25) is 0 Å². The molecule has 1 aromatic rings. The molecule has 1 rings (SSSR count). The normalized spacial score (nSPS) is 9.82. The molecule has 0 spiro atoms. The van der Waals surface area contributed by atoms with Gasteiger partial charge in [0.05, 0.1) is 14.2 Å². The molecule has 0 heterocycles. The fraction of sp³-hybridized carbons (Fsp3) is 0.357. The third kappa shape index (κ3) is 3.94. The molecule has 0 fully saturated rings. The van der Waals surface area contributed by atoms with Crippen molar-refractivity contribution in [2.24, 2.45) is 0 Å². The Hall–Kier alpha value is -1.77. The summed E-state index contributed by atoms with van der Waals surface area (Å²) in [5.41, 5.74) is 1.81. The van der Waals surface area contributed by atoms with Gasteiger partial charge < -0.3 is 9.47 Å². The summed E-state index contributed by atoms with van der Waals surface area (Å²) in [4.78, 5) is 11.6. The molecule has 0 N–H and O–H groups in total. The Morgan fingerprint density at radius 3 is 2.41 bits per heavy atom. The van der Waals surface area contributed by atoms with E-state index in [9.17, 15) is 4.79 Å². The van der Waals surface area contributed by atoms with Crippen LogP contribution in [0.25, 0.3) is 0 Å². The van der Waals surface area contributed by atoms with Crippen LogP contribution in [0.3, 0.4) is 0 Å². The highest BCUT2D eigenvalue weighted by Crippen LogP contribution is 2.27. The van der Waals surface area contributed by atoms with E-state index in [1.807, 2.05) is 25.1 Å². The number of rotatable bonds is 6. The van der Waals surface area contributed by atoms with Gasteiger partial charge in [-0.3, -0.25) is 4.79 Å². The van der Waals surface area contributed by atoms with Gasteiger partial charge in [-0.15, -0.1) is 0 Å². The van der Waals surface area contributed by atoms with E-state index in [0.29, 0.717) is 24.3 Å². The Labute approximate surface area is 102 Å². The summed E-state index contributed by atoms with van der Waals surface area (Å²) in [5.74, 6) is 1.47. The number of hydrogen-bond acceptors (Lipinski definition) is 3. The molecule has 3 nitrogen and oxygen atoms in total. The summed E-state index contributed by atoms with van der Waals surface area (Å²) < 4.78 is 10.3. The van der Waals surface area contributed by atoms with Crippen LogP contribution in [0, 0.1) is 0 Å². The number of allylic oxidation sites excluding steroid dienone is 1. The number of hydrogen-bond donors (Lipinski definition) is 0. The lowest BCUT2D eigenvalue weighted by molar-refractivity contribution is -0.117. The molecule has 0 saturated heterocycles. The molecule has 0 aliphatic rings. The number of carbonyl (C=O) groups is 1. The number of ketones is 1. The second-order valence-electron chi connectivity index (χ2n) is 4.04. The zero-order valence-electron chi connectivity index (χ0n) is 10.6. The first-order valence-corrected chi connectivity index (χ1v) is 5.43. The van der Waals surface area contributed by atoms with Gasteiger partial charge in [-0.1, -0.05) is 18.2 Å². The highest BCUT2D eigenvalue weighted by molar-refractivity contribution is 5.83. The average Bonchev–Trinajstić information content (AvgIpc) is 2.27. The molecule has 92 valence electrons. The Balaban J connectivity index is 2.79. The second-order valence-corrected chi connectivity index (χ2v) is 4.04. The predicted molar refractivity (Wildman–Crippen MR) is 67.7 cm³/mol. The van der Waals surface area contributed by atoms with E-state index in [2.05, 4.69) is 6.58 Å². The third-order valence-electron chi connectivity index (χ3n) is 2.35. The molecule has 1 aromatic carbocycles. The molecule has 0 radical (unpaired) electrons. The van der Waals surface area contributed by atoms with Crippen molar-refractivity contribution in [1.82, 2.24) is 0 Å². The van der Waals surface area contributed by atoms with Crippen molar-refractivity contribution in [1.29, 1.82) is 0 Å². The number of ether oxygens (including phenoxy) is 2. The molecular weight excluding hydrogens is 216 g/mol. The van der Waals surface area contributed by atoms with Gasteiger partial charge in [0.25, 0.3) is 0 Å². The minimum absolute atomic E-state index is 0.157. The SMILES string of the molecule is C=C(C)CC(=O)Cc1ccc(OC)c(OC)c1. The van der Waals surface area contributed by atoms with E-state index in [0.717, 1.165) is 11.1 Å². The van der Waals surface area contributed by atoms with Crippen molar-refractivity contribution in [2.45, 2.75) is 19.8 Å². The molecule has 0 aromatic heterocycles. The lowest BCUT2D eigenvalue weighted by atomic mass is 10.0. The van der Waals surface area contributed by atoms with Crippen LogP contribution in [0.15, 0.2) is 30.4 Å². The molecular formula is C14H18O3. The molecule has 0 saturated carbocycles. The van der Waals surface area contributed by atoms with Gasteiger partial charge in [-0.05, 0) is 24.6 Å². The maximum atomic E-state index is 11.6. The summed E-state index contributed by atoms with van der Waals surface area (Å²) in [6.07, 6.45) is 0.821. The zero-order valence-corrected chi connectivity index (χ0v) is 10.6. The van der Waals surface area contributed by atoms with Crippen LogP contribution in [0.2, 0.25) is 0 Å². The summed E-state index contributed by atoms with van der Waals surface area (Å²) >= 11 is 0. The molecule has 0 unspecified atom stereocenters. The summed E-state index contributed by atoms with van der Waals surface area (Å²) in [6.45, 7) is 5.59.